The number of methoxy groups -OCH3 is 1. The average Bonchev–Trinajstić information content (AvgIpc) is 2.21. The lowest BCUT2D eigenvalue weighted by molar-refractivity contribution is -0.133. The first-order chi connectivity index (χ1) is 7.02. The maximum Gasteiger partial charge on any atom is 0.384 e. The lowest BCUT2D eigenvalue weighted by Crippen LogP contribution is -2.21. The van der Waals surface area contributed by atoms with Gasteiger partial charge in [-0.15, -0.1) is 0 Å². The third-order valence-electron chi connectivity index (χ3n) is 1.82. The fourth-order valence-electron chi connectivity index (χ4n) is 0.948. The van der Waals surface area contributed by atoms with E-state index in [9.17, 15) is 9.90 Å². The van der Waals surface area contributed by atoms with Crippen LogP contribution < -0.4 is 0 Å². The van der Waals surface area contributed by atoms with Gasteiger partial charge in [0.05, 0.1) is 7.11 Å². The molecule has 0 aromatic carbocycles. The Kier molecular flexibility index (Phi) is 6.48. The zero-order chi connectivity index (χ0) is 11.7. The maximum absolute atomic E-state index is 10.7. The van der Waals surface area contributed by atoms with E-state index in [2.05, 4.69) is 16.6 Å². The Morgan fingerprint density at radius 1 is 1.53 bits per heavy atom. The summed E-state index contributed by atoms with van der Waals surface area (Å²) in [5, 5.41) is 9.74. The summed E-state index contributed by atoms with van der Waals surface area (Å²) in [5.41, 5.74) is -1.13. The van der Waals surface area contributed by atoms with Gasteiger partial charge in [-0.3, -0.25) is 0 Å². The number of rotatable bonds is 4. The number of hydrogen-bond donors (Lipinski definition) is 1. The molecule has 3 nitrogen and oxygen atoms in total. The highest BCUT2D eigenvalue weighted by Gasteiger charge is 2.15. The highest BCUT2D eigenvalue weighted by Crippen LogP contribution is 2.11. The van der Waals surface area contributed by atoms with Gasteiger partial charge in [-0.05, 0) is 26.2 Å². The summed E-state index contributed by atoms with van der Waals surface area (Å²) < 4.78 is 4.35. The molecule has 0 fully saturated rings. The Morgan fingerprint density at radius 2 is 2.20 bits per heavy atom. The summed E-state index contributed by atoms with van der Waals surface area (Å²) in [7, 11) is 1.26. The quantitative estimate of drug-likeness (QED) is 0.332. The van der Waals surface area contributed by atoms with E-state index in [1.54, 1.807) is 6.92 Å². The maximum atomic E-state index is 10.7. The van der Waals surface area contributed by atoms with Crippen molar-refractivity contribution in [3.63, 3.8) is 0 Å². The van der Waals surface area contributed by atoms with Crippen molar-refractivity contribution in [1.82, 2.24) is 0 Å². The van der Waals surface area contributed by atoms with Crippen molar-refractivity contribution in [1.29, 1.82) is 0 Å². The van der Waals surface area contributed by atoms with Crippen LogP contribution in [-0.4, -0.2) is 23.8 Å². The molecule has 0 radical (unpaired) electrons. The van der Waals surface area contributed by atoms with Gasteiger partial charge in [0.15, 0.2) is 0 Å². The lowest BCUT2D eigenvalue weighted by Gasteiger charge is -2.14. The van der Waals surface area contributed by atoms with Gasteiger partial charge in [0.1, 0.15) is 5.60 Å². The van der Waals surface area contributed by atoms with Crippen LogP contribution >= 0.6 is 0 Å². The molecule has 0 saturated heterocycles. The average molecular weight is 210 g/mol. The third-order valence-corrected chi connectivity index (χ3v) is 1.82. The van der Waals surface area contributed by atoms with Gasteiger partial charge in [0, 0.05) is 5.92 Å². The first-order valence-corrected chi connectivity index (χ1v) is 5.00. The van der Waals surface area contributed by atoms with Gasteiger partial charge in [-0.25, -0.2) is 4.79 Å². The molecule has 0 amide bonds. The third kappa shape index (κ3) is 7.77. The van der Waals surface area contributed by atoms with E-state index in [0.717, 1.165) is 12.8 Å². The molecule has 3 heteroatoms. The van der Waals surface area contributed by atoms with Crippen molar-refractivity contribution in [2.45, 2.75) is 38.7 Å². The number of carbonyl (C=O) groups excluding carboxylic acids is 1. The zero-order valence-corrected chi connectivity index (χ0v) is 9.54. The summed E-state index contributed by atoms with van der Waals surface area (Å²) in [6.07, 6.45) is 6.26. The van der Waals surface area contributed by atoms with Gasteiger partial charge in [0.25, 0.3) is 0 Å². The summed E-state index contributed by atoms with van der Waals surface area (Å²) in [6, 6.07) is 0. The van der Waals surface area contributed by atoms with Crippen molar-refractivity contribution >= 4 is 5.97 Å². The fraction of sp³-hybridized carbons (Fsp3) is 0.583. The first kappa shape index (κ1) is 13.7. The van der Waals surface area contributed by atoms with Gasteiger partial charge >= 0.3 is 5.97 Å². The second-order valence-electron chi connectivity index (χ2n) is 3.43. The largest absolute Gasteiger partial charge is 0.459 e. The van der Waals surface area contributed by atoms with E-state index in [-0.39, 0.29) is 0 Å². The minimum atomic E-state index is -1.13. The summed E-state index contributed by atoms with van der Waals surface area (Å²) >= 11 is 0. The highest BCUT2D eigenvalue weighted by molar-refractivity contribution is 5.88. The van der Waals surface area contributed by atoms with Crippen LogP contribution in [0.1, 0.15) is 33.1 Å². The number of hydrogen-bond acceptors (Lipinski definition) is 3. The molecule has 0 aromatic heterocycles. The van der Waals surface area contributed by atoms with Crippen molar-refractivity contribution < 1.29 is 14.6 Å². The number of carbonyl (C=O) groups is 1. The summed E-state index contributed by atoms with van der Waals surface area (Å²) in [5.74, 6) is 4.09. The molecule has 0 aliphatic rings. The van der Waals surface area contributed by atoms with E-state index in [0.29, 0.717) is 6.42 Å². The molecule has 1 N–H and O–H groups in total. The van der Waals surface area contributed by atoms with Gasteiger partial charge in [0.2, 0.25) is 0 Å². The second-order valence-corrected chi connectivity index (χ2v) is 3.43. The van der Waals surface area contributed by atoms with Crippen LogP contribution in [0, 0.1) is 11.8 Å². The first-order valence-electron chi connectivity index (χ1n) is 5.00. The number of aliphatic hydroxyl groups is 1. The Balaban J connectivity index is 4.10. The molecular formula is C12H18O3. The van der Waals surface area contributed by atoms with E-state index >= 15 is 0 Å². The SMILES string of the molecule is CCC=CCCC(C)(O)C#CC(=O)OC. The zero-order valence-electron chi connectivity index (χ0n) is 9.54. The van der Waals surface area contributed by atoms with Crippen LogP contribution in [0.4, 0.5) is 0 Å². The number of esters is 1. The minimum absolute atomic E-state index is 0.507. The van der Waals surface area contributed by atoms with Crippen molar-refractivity contribution in [2.75, 3.05) is 7.11 Å². The van der Waals surface area contributed by atoms with E-state index < -0.39 is 11.6 Å². The molecule has 15 heavy (non-hydrogen) atoms. The summed E-state index contributed by atoms with van der Waals surface area (Å²) in [6.45, 7) is 3.63. The molecule has 0 aliphatic carbocycles. The lowest BCUT2D eigenvalue weighted by atomic mass is 10.0. The van der Waals surface area contributed by atoms with Crippen molar-refractivity contribution in [3.8, 4) is 11.8 Å². The monoisotopic (exact) mass is 210 g/mol. The van der Waals surface area contributed by atoms with Crippen LogP contribution in [0.2, 0.25) is 0 Å². The van der Waals surface area contributed by atoms with E-state index in [1.807, 2.05) is 19.1 Å². The Morgan fingerprint density at radius 3 is 2.73 bits per heavy atom. The van der Waals surface area contributed by atoms with Crippen LogP contribution in [0.3, 0.4) is 0 Å². The second kappa shape index (κ2) is 7.08. The highest BCUT2D eigenvalue weighted by atomic mass is 16.5. The normalized spacial score (nSPS) is 14.1. The molecule has 0 bridgehead atoms. The molecule has 0 saturated carbocycles. The number of allylic oxidation sites excluding steroid dienone is 2. The van der Waals surface area contributed by atoms with Crippen LogP contribution in [0.25, 0.3) is 0 Å². The van der Waals surface area contributed by atoms with Crippen LogP contribution in [0.5, 0.6) is 0 Å². The predicted molar refractivity (Wildman–Crippen MR) is 59.1 cm³/mol. The Bertz CT molecular complexity index is 279. The van der Waals surface area contributed by atoms with Gasteiger partial charge in [-0.2, -0.15) is 0 Å². The predicted octanol–water partition coefficient (Wildman–Crippen LogP) is 1.66. The Hall–Kier alpha value is -1.27. The van der Waals surface area contributed by atoms with Crippen molar-refractivity contribution in [2.24, 2.45) is 0 Å². The van der Waals surface area contributed by atoms with Gasteiger partial charge in [-0.1, -0.05) is 25.0 Å². The number of ether oxygens (including phenoxy) is 1. The molecule has 0 aromatic rings. The molecule has 1 unspecified atom stereocenters. The van der Waals surface area contributed by atoms with Crippen LogP contribution in [0.15, 0.2) is 12.2 Å². The fourth-order valence-corrected chi connectivity index (χ4v) is 0.948. The van der Waals surface area contributed by atoms with Gasteiger partial charge < -0.3 is 9.84 Å². The molecule has 0 aliphatic heterocycles. The molecule has 0 spiro atoms. The molecule has 1 atom stereocenters. The summed E-state index contributed by atoms with van der Waals surface area (Å²) in [4.78, 5) is 10.7. The Labute approximate surface area is 91.1 Å². The molecule has 0 heterocycles. The van der Waals surface area contributed by atoms with Crippen molar-refractivity contribution in [3.05, 3.63) is 12.2 Å². The van der Waals surface area contributed by atoms with Crippen LogP contribution in [-0.2, 0) is 9.53 Å². The molecular weight excluding hydrogens is 192 g/mol. The smallest absolute Gasteiger partial charge is 0.384 e. The van der Waals surface area contributed by atoms with E-state index in [4.69, 9.17) is 0 Å². The molecule has 0 rings (SSSR count). The molecule has 84 valence electrons. The standard InChI is InChI=1S/C12H18O3/c1-4-5-6-7-9-12(2,14)10-8-11(13)15-3/h5-6,14H,4,7,9H2,1-3H3. The minimum Gasteiger partial charge on any atom is -0.459 e. The van der Waals surface area contributed by atoms with E-state index in [1.165, 1.54) is 7.11 Å². The topological polar surface area (TPSA) is 46.5 Å².